The van der Waals surface area contributed by atoms with Crippen molar-refractivity contribution in [2.45, 2.75) is 0 Å². The summed E-state index contributed by atoms with van der Waals surface area (Å²) < 4.78 is 1.35. The average Bonchev–Trinajstić information content (AvgIpc) is 2.56. The van der Waals surface area contributed by atoms with Crippen LogP contribution >= 0.6 is 39.8 Å². The molecule has 3 rings (SSSR count). The van der Waals surface area contributed by atoms with Gasteiger partial charge in [0.15, 0.2) is 0 Å². The highest BCUT2D eigenvalue weighted by molar-refractivity contribution is 14.1. The molecule has 1 atom stereocenters. The van der Waals surface area contributed by atoms with E-state index < -0.39 is 7.26 Å². The standard InChI is InChI=1S/C19H17IP.HI.H3P/c1-21(16-10-4-2-5-11-16,17-12-6-3-7-13-17)19-15-9-8-14-18(19)20;;/h2-15H,1H3;1H;1H3/q+1;;/p-1. The highest BCUT2D eigenvalue weighted by Gasteiger charge is 2.41. The lowest BCUT2D eigenvalue weighted by atomic mass is 10.4. The van der Waals surface area contributed by atoms with Crippen LogP contribution < -0.4 is 39.9 Å². The molecule has 3 aromatic carbocycles. The van der Waals surface area contributed by atoms with Crippen LogP contribution in [0.15, 0.2) is 84.9 Å². The molecule has 0 fully saturated rings. The molecular weight excluding hydrogens is 544 g/mol. The van der Waals surface area contributed by atoms with Crippen molar-refractivity contribution < 1.29 is 24.0 Å². The lowest BCUT2D eigenvalue weighted by Crippen LogP contribution is -3.00. The van der Waals surface area contributed by atoms with Gasteiger partial charge in [-0.2, -0.15) is 9.90 Å². The van der Waals surface area contributed by atoms with Crippen LogP contribution in [0, 0.1) is 3.57 Å². The molecule has 0 N–H and O–H groups in total. The van der Waals surface area contributed by atoms with E-state index in [1.165, 1.54) is 19.5 Å². The number of halogens is 2. The topological polar surface area (TPSA) is 0 Å². The Hall–Kier alpha value is -0.0200. The van der Waals surface area contributed by atoms with Crippen molar-refractivity contribution in [3.05, 3.63) is 88.5 Å². The molecule has 0 nitrogen and oxygen atoms in total. The summed E-state index contributed by atoms with van der Waals surface area (Å²) in [5, 5.41) is 4.32. The zero-order valence-corrected chi connectivity index (χ0v) is 19.6. The van der Waals surface area contributed by atoms with Gasteiger partial charge in [-0.25, -0.2) is 0 Å². The Kier molecular flexibility index (Phi) is 8.65. The fourth-order valence-electron chi connectivity index (χ4n) is 2.69. The van der Waals surface area contributed by atoms with E-state index in [2.05, 4.69) is 114 Å². The molecule has 1 unspecified atom stereocenters. The van der Waals surface area contributed by atoms with E-state index >= 15 is 0 Å². The molecule has 4 heteroatoms. The van der Waals surface area contributed by atoms with E-state index in [9.17, 15) is 0 Å². The Balaban J connectivity index is 0.00000132. The lowest BCUT2D eigenvalue weighted by Gasteiger charge is -2.24. The van der Waals surface area contributed by atoms with Gasteiger partial charge in [0.1, 0.15) is 23.2 Å². The second-order valence-electron chi connectivity index (χ2n) is 5.13. The molecule has 0 spiro atoms. The molecule has 0 radical (unpaired) electrons. The molecule has 0 aliphatic heterocycles. The van der Waals surface area contributed by atoms with Gasteiger partial charge >= 0.3 is 0 Å². The Labute approximate surface area is 173 Å². The second-order valence-corrected chi connectivity index (χ2v) is 9.82. The molecule has 120 valence electrons. The molecule has 0 saturated carbocycles. The summed E-state index contributed by atoms with van der Waals surface area (Å²) in [6.45, 7) is 2.43. The van der Waals surface area contributed by atoms with Crippen LogP contribution in [-0.2, 0) is 0 Å². The van der Waals surface area contributed by atoms with Crippen molar-refractivity contribution >= 4 is 55.7 Å². The van der Waals surface area contributed by atoms with Gasteiger partial charge in [0.2, 0.25) is 0 Å². The van der Waals surface area contributed by atoms with Gasteiger partial charge in [0.05, 0.1) is 10.2 Å². The Morgan fingerprint density at radius 3 is 1.48 bits per heavy atom. The van der Waals surface area contributed by atoms with E-state index in [4.69, 9.17) is 0 Å². The van der Waals surface area contributed by atoms with Gasteiger partial charge in [-0.3, -0.25) is 0 Å². The molecule has 0 amide bonds. The fourth-order valence-corrected chi connectivity index (χ4v) is 7.81. The fraction of sp³-hybridized carbons (Fsp3) is 0.0526. The van der Waals surface area contributed by atoms with Crippen molar-refractivity contribution in [3.63, 3.8) is 0 Å². The van der Waals surface area contributed by atoms with Gasteiger partial charge in [0, 0.05) is 0 Å². The first-order valence-corrected chi connectivity index (χ1v) is 10.3. The first kappa shape index (κ1) is 21.0. The first-order chi connectivity index (χ1) is 10.2. The molecule has 3 aromatic rings. The maximum atomic E-state index is 2.47. The van der Waals surface area contributed by atoms with E-state index in [-0.39, 0.29) is 33.9 Å². The number of benzene rings is 3. The van der Waals surface area contributed by atoms with Crippen LogP contribution in [-0.4, -0.2) is 6.66 Å². The Bertz CT molecular complexity index is 691. The molecule has 23 heavy (non-hydrogen) atoms. The third-order valence-electron chi connectivity index (χ3n) is 3.88. The quantitative estimate of drug-likeness (QED) is 0.333. The Morgan fingerprint density at radius 2 is 1.04 bits per heavy atom. The second kappa shape index (κ2) is 9.46. The minimum Gasteiger partial charge on any atom is -1.00 e. The van der Waals surface area contributed by atoms with Gasteiger partial charge in [0.25, 0.3) is 0 Å². The van der Waals surface area contributed by atoms with E-state index in [1.54, 1.807) is 0 Å². The molecule has 0 bridgehead atoms. The van der Waals surface area contributed by atoms with Crippen LogP contribution in [0.2, 0.25) is 0 Å². The third kappa shape index (κ3) is 4.34. The van der Waals surface area contributed by atoms with Crippen molar-refractivity contribution in [1.82, 2.24) is 0 Å². The normalized spacial score (nSPS) is 10.3. The van der Waals surface area contributed by atoms with Crippen LogP contribution in [0.5, 0.6) is 0 Å². The van der Waals surface area contributed by atoms with Crippen molar-refractivity contribution in [2.24, 2.45) is 0 Å². The van der Waals surface area contributed by atoms with Gasteiger partial charge in [-0.15, -0.1) is 0 Å². The average molecular weight is 564 g/mol. The van der Waals surface area contributed by atoms with Gasteiger partial charge < -0.3 is 24.0 Å². The van der Waals surface area contributed by atoms with Gasteiger partial charge in [-0.1, -0.05) is 48.5 Å². The van der Waals surface area contributed by atoms with Crippen LogP contribution in [0.3, 0.4) is 0 Å². The summed E-state index contributed by atoms with van der Waals surface area (Å²) in [6.07, 6.45) is 0. The number of hydrogen-bond acceptors (Lipinski definition) is 0. The summed E-state index contributed by atoms with van der Waals surface area (Å²) in [4.78, 5) is 0. The van der Waals surface area contributed by atoms with E-state index in [1.807, 2.05) is 0 Å². The van der Waals surface area contributed by atoms with Crippen molar-refractivity contribution in [3.8, 4) is 0 Å². The third-order valence-corrected chi connectivity index (χ3v) is 9.26. The summed E-state index contributed by atoms with van der Waals surface area (Å²) in [5.74, 6) is 0. The summed E-state index contributed by atoms with van der Waals surface area (Å²) in [7, 11) is -1.57. The van der Waals surface area contributed by atoms with Crippen LogP contribution in [0.4, 0.5) is 0 Å². The Morgan fingerprint density at radius 1 is 0.652 bits per heavy atom. The maximum absolute atomic E-state index is 2.47. The lowest BCUT2D eigenvalue weighted by molar-refractivity contribution is -0.00000410. The highest BCUT2D eigenvalue weighted by atomic mass is 127. The molecule has 0 aliphatic rings. The van der Waals surface area contributed by atoms with Crippen LogP contribution in [0.1, 0.15) is 0 Å². The minimum atomic E-state index is -1.57. The highest BCUT2D eigenvalue weighted by Crippen LogP contribution is 2.52. The monoisotopic (exact) mass is 564 g/mol. The summed E-state index contributed by atoms with van der Waals surface area (Å²) >= 11 is 2.47. The van der Waals surface area contributed by atoms with Gasteiger partial charge in [-0.05, 0) is 59.0 Å². The van der Waals surface area contributed by atoms with E-state index in [0.717, 1.165) is 0 Å². The predicted molar refractivity (Wildman–Crippen MR) is 115 cm³/mol. The zero-order chi connectivity index (χ0) is 14.7. The molecule has 0 saturated heterocycles. The molecule has 0 aliphatic carbocycles. The summed E-state index contributed by atoms with van der Waals surface area (Å²) in [5.41, 5.74) is 0. The molecule has 0 aromatic heterocycles. The SMILES string of the molecule is C[P+](c1ccccc1)(c1ccccc1)c1ccccc1I.P.[I-]. The molecule has 0 heterocycles. The number of hydrogen-bond donors (Lipinski definition) is 0. The largest absolute Gasteiger partial charge is 1.00 e. The zero-order valence-electron chi connectivity index (χ0n) is 13.0. The van der Waals surface area contributed by atoms with Crippen molar-refractivity contribution in [1.29, 1.82) is 0 Å². The smallest absolute Gasteiger partial charge is 0.117 e. The maximum Gasteiger partial charge on any atom is 0.117 e. The number of rotatable bonds is 3. The first-order valence-electron chi connectivity index (χ1n) is 6.96. The van der Waals surface area contributed by atoms with Crippen molar-refractivity contribution in [2.75, 3.05) is 6.66 Å². The molecular formula is C19H20I2P2. The predicted octanol–water partition coefficient (Wildman–Crippen LogP) is 1.28. The summed E-state index contributed by atoms with van der Waals surface area (Å²) in [6, 6.07) is 30.6. The minimum absolute atomic E-state index is 0. The van der Waals surface area contributed by atoms with E-state index in [0.29, 0.717) is 0 Å². The van der Waals surface area contributed by atoms with Crippen LogP contribution in [0.25, 0.3) is 0 Å².